The quantitative estimate of drug-likeness (QED) is 0.573. The number of nitrogens with one attached hydrogen (secondary N) is 2. The zero-order valence-corrected chi connectivity index (χ0v) is 16.8. The van der Waals surface area contributed by atoms with Gasteiger partial charge in [-0.1, -0.05) is 24.3 Å². The molecule has 0 saturated carbocycles. The first kappa shape index (κ1) is 21.4. The molecule has 2 N–H and O–H groups in total. The van der Waals surface area contributed by atoms with Crippen LogP contribution in [-0.4, -0.2) is 29.2 Å². The van der Waals surface area contributed by atoms with Crippen LogP contribution in [0.4, 0.5) is 19.0 Å². The van der Waals surface area contributed by atoms with Crippen molar-refractivity contribution >= 4 is 17.7 Å². The van der Waals surface area contributed by atoms with Gasteiger partial charge in [0, 0.05) is 29.7 Å². The zero-order chi connectivity index (χ0) is 22.9. The molecule has 1 atom stereocenters. The number of benzene rings is 2. The number of rotatable bonds is 5. The first-order valence-corrected chi connectivity index (χ1v) is 9.61. The van der Waals surface area contributed by atoms with Crippen LogP contribution in [0, 0.1) is 0 Å². The molecule has 0 saturated heterocycles. The van der Waals surface area contributed by atoms with Crippen molar-refractivity contribution in [2.75, 3.05) is 12.4 Å². The number of aromatic nitrogens is 2. The molecule has 0 bridgehead atoms. The van der Waals surface area contributed by atoms with Crippen molar-refractivity contribution in [3.8, 4) is 5.75 Å². The van der Waals surface area contributed by atoms with Gasteiger partial charge in [-0.3, -0.25) is 9.89 Å². The van der Waals surface area contributed by atoms with Crippen molar-refractivity contribution in [3.63, 3.8) is 0 Å². The lowest BCUT2D eigenvalue weighted by atomic mass is 9.86. The minimum Gasteiger partial charge on any atom is -0.488 e. The monoisotopic (exact) mass is 445 g/mol. The highest BCUT2D eigenvalue weighted by Crippen LogP contribution is 2.38. The van der Waals surface area contributed by atoms with Crippen LogP contribution in [-0.2, 0) is 22.3 Å². The Morgan fingerprint density at radius 2 is 2.00 bits per heavy atom. The number of anilines is 1. The molecule has 1 amide bonds. The van der Waals surface area contributed by atoms with Crippen molar-refractivity contribution in [1.29, 1.82) is 0 Å². The standard InChI is InChI=1S/C22H18F3N3O4/c1-31-21(30)15-8-12(14-9-19(29)27-20-16(14)10-26-28-20)6-7-18(15)32-11-13-4-2-3-5-17(13)22(23,24)25/h2-8,10,14H,9,11H2,1H3,(H2,26,27,28,29). The maximum Gasteiger partial charge on any atom is 0.416 e. The number of amides is 1. The minimum atomic E-state index is -4.53. The number of carbonyl (C=O) groups excluding carboxylic acids is 2. The first-order valence-electron chi connectivity index (χ1n) is 9.61. The van der Waals surface area contributed by atoms with E-state index in [1.54, 1.807) is 12.3 Å². The predicted octanol–water partition coefficient (Wildman–Crippen LogP) is 4.27. The molecule has 0 spiro atoms. The lowest BCUT2D eigenvalue weighted by Gasteiger charge is -2.23. The number of carbonyl (C=O) groups is 2. The second-order valence-electron chi connectivity index (χ2n) is 7.18. The SMILES string of the molecule is COC(=O)c1cc(C2CC(=O)Nc3n[nH]cc32)ccc1OCc1ccccc1C(F)(F)F. The Morgan fingerprint density at radius 1 is 1.22 bits per heavy atom. The maximum atomic E-state index is 13.3. The third kappa shape index (κ3) is 4.16. The molecular formula is C22H18F3N3O4. The third-order valence-electron chi connectivity index (χ3n) is 5.21. The third-order valence-corrected chi connectivity index (χ3v) is 5.21. The number of methoxy groups -OCH3 is 1. The molecule has 4 rings (SSSR count). The normalized spacial score (nSPS) is 15.6. The van der Waals surface area contributed by atoms with Gasteiger partial charge in [0.2, 0.25) is 5.91 Å². The zero-order valence-electron chi connectivity index (χ0n) is 16.8. The van der Waals surface area contributed by atoms with Crippen molar-refractivity contribution in [2.24, 2.45) is 0 Å². The van der Waals surface area contributed by atoms with Crippen molar-refractivity contribution in [1.82, 2.24) is 10.2 Å². The Balaban J connectivity index is 1.65. The number of halogens is 3. The minimum absolute atomic E-state index is 0.0468. The molecule has 166 valence electrons. The Hall–Kier alpha value is -3.82. The second-order valence-corrected chi connectivity index (χ2v) is 7.18. The summed E-state index contributed by atoms with van der Waals surface area (Å²) in [4.78, 5) is 24.4. The molecule has 3 aromatic rings. The van der Waals surface area contributed by atoms with Gasteiger partial charge in [0.25, 0.3) is 0 Å². The molecule has 32 heavy (non-hydrogen) atoms. The van der Waals surface area contributed by atoms with Gasteiger partial charge in [-0.25, -0.2) is 4.79 Å². The Morgan fingerprint density at radius 3 is 2.75 bits per heavy atom. The second kappa shape index (κ2) is 8.37. The van der Waals surface area contributed by atoms with Crippen LogP contribution in [0.25, 0.3) is 0 Å². The van der Waals surface area contributed by atoms with Gasteiger partial charge in [-0.05, 0) is 23.8 Å². The molecule has 2 heterocycles. The summed E-state index contributed by atoms with van der Waals surface area (Å²) in [6.07, 6.45) is -2.72. The molecule has 1 aromatic heterocycles. The molecule has 1 unspecified atom stereocenters. The van der Waals surface area contributed by atoms with Crippen LogP contribution in [0.3, 0.4) is 0 Å². The van der Waals surface area contributed by atoms with Crippen LogP contribution >= 0.6 is 0 Å². The van der Waals surface area contributed by atoms with Crippen molar-refractivity contribution in [2.45, 2.75) is 25.1 Å². The summed E-state index contributed by atoms with van der Waals surface area (Å²) in [5.74, 6) is -0.807. The van der Waals surface area contributed by atoms with E-state index in [1.807, 2.05) is 0 Å². The van der Waals surface area contributed by atoms with E-state index < -0.39 is 24.3 Å². The fraction of sp³-hybridized carbons (Fsp3) is 0.227. The van der Waals surface area contributed by atoms with E-state index in [9.17, 15) is 22.8 Å². The van der Waals surface area contributed by atoms with Crippen LogP contribution in [0.5, 0.6) is 5.75 Å². The number of H-pyrrole nitrogens is 1. The predicted molar refractivity (Wildman–Crippen MR) is 107 cm³/mol. The molecule has 0 fully saturated rings. The maximum absolute atomic E-state index is 13.3. The van der Waals surface area contributed by atoms with Crippen LogP contribution in [0.2, 0.25) is 0 Å². The highest BCUT2D eigenvalue weighted by Gasteiger charge is 2.33. The van der Waals surface area contributed by atoms with E-state index in [0.29, 0.717) is 11.4 Å². The van der Waals surface area contributed by atoms with Gasteiger partial charge in [-0.15, -0.1) is 0 Å². The van der Waals surface area contributed by atoms with Crippen molar-refractivity contribution < 1.29 is 32.2 Å². The summed E-state index contributed by atoms with van der Waals surface area (Å²) in [5.41, 5.74) is 0.577. The summed E-state index contributed by atoms with van der Waals surface area (Å²) in [6.45, 7) is -0.392. The summed E-state index contributed by atoms with van der Waals surface area (Å²) < 4.78 is 50.2. The highest BCUT2D eigenvalue weighted by atomic mass is 19.4. The first-order chi connectivity index (χ1) is 15.3. The van der Waals surface area contributed by atoms with Crippen LogP contribution in [0.1, 0.15) is 45.0 Å². The van der Waals surface area contributed by atoms with E-state index >= 15 is 0 Å². The van der Waals surface area contributed by atoms with Gasteiger partial charge >= 0.3 is 12.1 Å². The van der Waals surface area contributed by atoms with E-state index in [4.69, 9.17) is 9.47 Å². The largest absolute Gasteiger partial charge is 0.488 e. The number of ether oxygens (including phenoxy) is 2. The fourth-order valence-electron chi connectivity index (χ4n) is 3.68. The van der Waals surface area contributed by atoms with Crippen LogP contribution < -0.4 is 10.1 Å². The molecule has 10 heteroatoms. The molecular weight excluding hydrogens is 427 g/mol. The number of fused-ring (bicyclic) bond motifs is 1. The highest BCUT2D eigenvalue weighted by molar-refractivity contribution is 5.95. The fourth-order valence-corrected chi connectivity index (χ4v) is 3.68. The summed E-state index contributed by atoms with van der Waals surface area (Å²) in [7, 11) is 1.19. The average molecular weight is 445 g/mol. The molecule has 1 aliphatic heterocycles. The summed E-state index contributed by atoms with van der Waals surface area (Å²) >= 11 is 0. The molecule has 2 aromatic carbocycles. The number of alkyl halides is 3. The van der Waals surface area contributed by atoms with E-state index in [2.05, 4.69) is 15.5 Å². The number of esters is 1. The van der Waals surface area contributed by atoms with Crippen molar-refractivity contribution in [3.05, 3.63) is 76.5 Å². The molecule has 0 aliphatic carbocycles. The van der Waals surface area contributed by atoms with E-state index in [0.717, 1.165) is 11.6 Å². The topological polar surface area (TPSA) is 93.3 Å². The molecule has 7 nitrogen and oxygen atoms in total. The number of aromatic amines is 1. The lowest BCUT2D eigenvalue weighted by Crippen LogP contribution is -2.23. The van der Waals surface area contributed by atoms with Gasteiger partial charge < -0.3 is 14.8 Å². The smallest absolute Gasteiger partial charge is 0.416 e. The van der Waals surface area contributed by atoms with Gasteiger partial charge in [-0.2, -0.15) is 18.3 Å². The molecule has 1 aliphatic rings. The van der Waals surface area contributed by atoms with Crippen LogP contribution in [0.15, 0.2) is 48.7 Å². The lowest BCUT2D eigenvalue weighted by molar-refractivity contribution is -0.138. The van der Waals surface area contributed by atoms with E-state index in [-0.39, 0.29) is 35.1 Å². The Labute approximate surface area is 180 Å². The summed E-state index contributed by atoms with van der Waals surface area (Å²) in [6, 6.07) is 9.74. The average Bonchev–Trinajstić information content (AvgIpc) is 3.24. The molecule has 0 radical (unpaired) electrons. The van der Waals surface area contributed by atoms with E-state index in [1.165, 1.54) is 37.4 Å². The van der Waals surface area contributed by atoms with Gasteiger partial charge in [0.15, 0.2) is 5.82 Å². The number of nitrogens with zero attached hydrogens (tertiary/aromatic N) is 1. The summed E-state index contributed by atoms with van der Waals surface area (Å²) in [5, 5.41) is 9.37. The number of hydrogen-bond donors (Lipinski definition) is 2. The van der Waals surface area contributed by atoms with Gasteiger partial charge in [0.1, 0.15) is 17.9 Å². The number of hydrogen-bond acceptors (Lipinski definition) is 5. The Bertz CT molecular complexity index is 1170. The van der Waals surface area contributed by atoms with Gasteiger partial charge in [0.05, 0.1) is 12.7 Å². The Kier molecular flexibility index (Phi) is 5.60.